The molecule has 0 amide bonds. The van der Waals surface area contributed by atoms with Gasteiger partial charge in [-0.2, -0.15) is 0 Å². The smallest absolute Gasteiger partial charge is 0.232 e. The van der Waals surface area contributed by atoms with Crippen molar-refractivity contribution >= 4 is 21.4 Å². The monoisotopic (exact) mass is 396 g/mol. The number of benzene rings is 1. The first-order valence-electron chi connectivity index (χ1n) is 10.9. The Bertz CT molecular complexity index is 570. The molecule has 27 heavy (non-hydrogen) atoms. The molecule has 0 aliphatic heterocycles. The normalized spacial score (nSPS) is 11.6. The molecule has 1 aromatic rings. The predicted molar refractivity (Wildman–Crippen MR) is 119 cm³/mol. The van der Waals surface area contributed by atoms with Crippen LogP contribution in [0.3, 0.4) is 0 Å². The molecule has 4 nitrogen and oxygen atoms in total. The van der Waals surface area contributed by atoms with Crippen LogP contribution in [0, 0.1) is 0 Å². The summed E-state index contributed by atoms with van der Waals surface area (Å²) in [6.07, 6.45) is 17.7. The first kappa shape index (κ1) is 23.8. The van der Waals surface area contributed by atoms with Crippen LogP contribution >= 0.6 is 0 Å². The quantitative estimate of drug-likeness (QED) is 0.233. The van der Waals surface area contributed by atoms with Crippen molar-refractivity contribution in [2.45, 2.75) is 96.8 Å². The summed E-state index contributed by atoms with van der Waals surface area (Å²) in [6, 6.07) is 6.78. The van der Waals surface area contributed by atoms with E-state index in [1.54, 1.807) is 24.3 Å². The van der Waals surface area contributed by atoms with E-state index in [-0.39, 0.29) is 5.75 Å². The van der Waals surface area contributed by atoms with Crippen molar-refractivity contribution in [1.29, 1.82) is 0 Å². The highest BCUT2D eigenvalue weighted by Gasteiger charge is 2.09. The van der Waals surface area contributed by atoms with Crippen LogP contribution in [-0.2, 0) is 10.0 Å². The first-order chi connectivity index (χ1) is 13.0. The fraction of sp³-hybridized carbons (Fsp3) is 0.727. The summed E-state index contributed by atoms with van der Waals surface area (Å²) < 4.78 is 26.7. The molecule has 0 radical (unpaired) electrons. The molecule has 0 spiro atoms. The fourth-order valence-electron chi connectivity index (χ4n) is 3.27. The van der Waals surface area contributed by atoms with Crippen molar-refractivity contribution in [3.05, 3.63) is 24.3 Å². The molecule has 0 atom stereocenters. The van der Waals surface area contributed by atoms with Crippen molar-refractivity contribution in [2.24, 2.45) is 0 Å². The van der Waals surface area contributed by atoms with Crippen LogP contribution in [0.5, 0.6) is 0 Å². The Labute approximate surface area is 167 Å². The zero-order chi connectivity index (χ0) is 19.8. The minimum Gasteiger partial charge on any atom is -0.399 e. The SMILES string of the molecule is CCCCCCCCCCCCCCCCS(=O)(=O)Nc1ccc(N)cc1. The van der Waals surface area contributed by atoms with Gasteiger partial charge in [-0.15, -0.1) is 0 Å². The number of rotatable bonds is 17. The second-order valence-corrected chi connectivity index (χ2v) is 9.48. The Hall–Kier alpha value is -1.23. The molecule has 0 heterocycles. The topological polar surface area (TPSA) is 72.2 Å². The summed E-state index contributed by atoms with van der Waals surface area (Å²) in [5, 5.41) is 0. The third kappa shape index (κ3) is 13.6. The van der Waals surface area contributed by atoms with E-state index in [1.807, 2.05) is 0 Å². The van der Waals surface area contributed by atoms with E-state index in [0.717, 1.165) is 19.3 Å². The second-order valence-electron chi connectivity index (χ2n) is 7.64. The lowest BCUT2D eigenvalue weighted by atomic mass is 10.0. The van der Waals surface area contributed by atoms with E-state index in [4.69, 9.17) is 5.73 Å². The van der Waals surface area contributed by atoms with Crippen molar-refractivity contribution in [1.82, 2.24) is 0 Å². The zero-order valence-corrected chi connectivity index (χ0v) is 18.0. The van der Waals surface area contributed by atoms with Gasteiger partial charge in [0, 0.05) is 11.4 Å². The molecule has 1 aromatic carbocycles. The van der Waals surface area contributed by atoms with Crippen LogP contribution in [0.4, 0.5) is 11.4 Å². The van der Waals surface area contributed by atoms with Gasteiger partial charge in [-0.05, 0) is 30.7 Å². The molecule has 0 saturated heterocycles. The maximum Gasteiger partial charge on any atom is 0.232 e. The number of hydrogen-bond donors (Lipinski definition) is 2. The van der Waals surface area contributed by atoms with Gasteiger partial charge in [0.2, 0.25) is 10.0 Å². The molecule has 3 N–H and O–H groups in total. The Morgan fingerprint density at radius 2 is 1.11 bits per heavy atom. The van der Waals surface area contributed by atoms with Crippen molar-refractivity contribution in [3.63, 3.8) is 0 Å². The summed E-state index contributed by atoms with van der Waals surface area (Å²) in [5.41, 5.74) is 6.82. The first-order valence-corrected chi connectivity index (χ1v) is 12.5. The van der Waals surface area contributed by atoms with Crippen LogP contribution in [0.2, 0.25) is 0 Å². The van der Waals surface area contributed by atoms with Crippen LogP contribution in [-0.4, -0.2) is 14.2 Å². The molecule has 1 rings (SSSR count). The second kappa shape index (κ2) is 14.8. The summed E-state index contributed by atoms with van der Waals surface area (Å²) >= 11 is 0. The van der Waals surface area contributed by atoms with E-state index < -0.39 is 10.0 Å². The van der Waals surface area contributed by atoms with Gasteiger partial charge in [0.05, 0.1) is 5.75 Å². The minimum atomic E-state index is -3.25. The average molecular weight is 397 g/mol. The lowest BCUT2D eigenvalue weighted by molar-refractivity contribution is 0.537. The molecule has 0 fully saturated rings. The molecule has 0 saturated carbocycles. The van der Waals surface area contributed by atoms with Gasteiger partial charge in [0.15, 0.2) is 0 Å². The molecule has 0 aliphatic rings. The van der Waals surface area contributed by atoms with Gasteiger partial charge in [0.1, 0.15) is 0 Å². The molecule has 0 aliphatic carbocycles. The van der Waals surface area contributed by atoms with E-state index in [9.17, 15) is 8.42 Å². The summed E-state index contributed by atoms with van der Waals surface area (Å²) in [5.74, 6) is 0.190. The third-order valence-corrected chi connectivity index (χ3v) is 6.32. The van der Waals surface area contributed by atoms with E-state index in [0.29, 0.717) is 11.4 Å². The molecule has 156 valence electrons. The number of anilines is 2. The Morgan fingerprint density at radius 3 is 1.56 bits per heavy atom. The highest BCUT2D eigenvalue weighted by Crippen LogP contribution is 2.15. The van der Waals surface area contributed by atoms with Gasteiger partial charge in [0.25, 0.3) is 0 Å². The predicted octanol–water partition coefficient (Wildman–Crippen LogP) is 6.49. The minimum absolute atomic E-state index is 0.190. The summed E-state index contributed by atoms with van der Waals surface area (Å²) in [6.45, 7) is 2.26. The number of nitrogen functional groups attached to an aromatic ring is 1. The zero-order valence-electron chi connectivity index (χ0n) is 17.2. The average Bonchev–Trinajstić information content (AvgIpc) is 2.63. The highest BCUT2D eigenvalue weighted by molar-refractivity contribution is 7.92. The molecule has 5 heteroatoms. The Morgan fingerprint density at radius 1 is 0.704 bits per heavy atom. The van der Waals surface area contributed by atoms with Crippen molar-refractivity contribution < 1.29 is 8.42 Å². The van der Waals surface area contributed by atoms with Gasteiger partial charge < -0.3 is 5.73 Å². The molecular formula is C22H40N2O2S. The highest BCUT2D eigenvalue weighted by atomic mass is 32.2. The van der Waals surface area contributed by atoms with E-state index in [2.05, 4.69) is 11.6 Å². The third-order valence-electron chi connectivity index (χ3n) is 4.95. The maximum atomic E-state index is 12.1. The van der Waals surface area contributed by atoms with Gasteiger partial charge in [-0.1, -0.05) is 90.4 Å². The number of nitrogens with one attached hydrogen (secondary N) is 1. The Kier molecular flexibility index (Phi) is 13.0. The van der Waals surface area contributed by atoms with Crippen molar-refractivity contribution in [2.75, 3.05) is 16.2 Å². The van der Waals surface area contributed by atoms with Crippen LogP contribution < -0.4 is 10.5 Å². The number of unbranched alkanes of at least 4 members (excludes halogenated alkanes) is 13. The van der Waals surface area contributed by atoms with Crippen LogP contribution in [0.25, 0.3) is 0 Å². The van der Waals surface area contributed by atoms with E-state index in [1.165, 1.54) is 70.6 Å². The molecule has 0 unspecified atom stereocenters. The van der Waals surface area contributed by atoms with Gasteiger partial charge >= 0.3 is 0 Å². The van der Waals surface area contributed by atoms with Gasteiger partial charge in [-0.3, -0.25) is 4.72 Å². The standard InChI is InChI=1S/C22H40N2O2S/c1-2-3-4-5-6-7-8-9-10-11-12-13-14-15-20-27(25,26)24-22-18-16-21(23)17-19-22/h16-19,24H,2-15,20,23H2,1H3. The summed E-state index contributed by atoms with van der Waals surface area (Å²) in [4.78, 5) is 0. The number of nitrogens with two attached hydrogens (primary N) is 1. The molecule has 0 aromatic heterocycles. The lowest BCUT2D eigenvalue weighted by Gasteiger charge is -2.08. The van der Waals surface area contributed by atoms with Gasteiger partial charge in [-0.25, -0.2) is 8.42 Å². The Balaban J connectivity index is 1.92. The van der Waals surface area contributed by atoms with Crippen LogP contribution in [0.1, 0.15) is 96.8 Å². The van der Waals surface area contributed by atoms with Crippen molar-refractivity contribution in [3.8, 4) is 0 Å². The largest absolute Gasteiger partial charge is 0.399 e. The molecular weight excluding hydrogens is 356 g/mol. The molecule has 0 bridgehead atoms. The maximum absolute atomic E-state index is 12.1. The number of sulfonamides is 1. The van der Waals surface area contributed by atoms with Crippen LogP contribution in [0.15, 0.2) is 24.3 Å². The summed E-state index contributed by atoms with van der Waals surface area (Å²) in [7, 11) is -3.25. The van der Waals surface area contributed by atoms with E-state index >= 15 is 0 Å². The number of hydrogen-bond acceptors (Lipinski definition) is 3. The lowest BCUT2D eigenvalue weighted by Crippen LogP contribution is -2.16. The fourth-order valence-corrected chi connectivity index (χ4v) is 4.45.